The van der Waals surface area contributed by atoms with Crippen molar-refractivity contribution in [1.82, 2.24) is 4.98 Å². The van der Waals surface area contributed by atoms with E-state index in [2.05, 4.69) is 14.4 Å². The highest BCUT2D eigenvalue weighted by Gasteiger charge is 2.18. The number of anilines is 1. The standard InChI is InChI=1S/C10H9ClN2O4S3/c1-17-8(14)4-6-5-18-10(12-6)13-20(15,16)9-3-2-7(11)19-9/h2-3,5H,4H2,1H3,(H,12,13). The minimum absolute atomic E-state index is 0.000439. The number of esters is 1. The van der Waals surface area contributed by atoms with Crippen LogP contribution in [0.3, 0.4) is 0 Å². The van der Waals surface area contributed by atoms with Crippen molar-refractivity contribution in [2.45, 2.75) is 10.6 Å². The SMILES string of the molecule is COC(=O)Cc1csc(NS(=O)(=O)c2ccc(Cl)s2)n1. The van der Waals surface area contributed by atoms with Gasteiger partial charge in [-0.1, -0.05) is 11.6 Å². The molecule has 1 N–H and O–H groups in total. The Labute approximate surface area is 128 Å². The summed E-state index contributed by atoms with van der Waals surface area (Å²) in [6.45, 7) is 0. The molecule has 10 heteroatoms. The Morgan fingerprint density at radius 3 is 2.85 bits per heavy atom. The second kappa shape index (κ2) is 6.08. The van der Waals surface area contributed by atoms with Gasteiger partial charge < -0.3 is 4.74 Å². The first-order chi connectivity index (χ1) is 9.40. The molecule has 0 atom stereocenters. The summed E-state index contributed by atoms with van der Waals surface area (Å²) in [5.41, 5.74) is 0.448. The molecule has 0 saturated heterocycles. The lowest BCUT2D eigenvalue weighted by Gasteiger charge is -2.01. The summed E-state index contributed by atoms with van der Waals surface area (Å²) in [6, 6.07) is 2.92. The van der Waals surface area contributed by atoms with E-state index in [9.17, 15) is 13.2 Å². The number of ether oxygens (including phenoxy) is 1. The Kier molecular flexibility index (Phi) is 4.63. The van der Waals surface area contributed by atoms with E-state index >= 15 is 0 Å². The van der Waals surface area contributed by atoms with Crippen LogP contribution in [0.4, 0.5) is 5.13 Å². The number of rotatable bonds is 5. The molecule has 0 unspecified atom stereocenters. The van der Waals surface area contributed by atoms with Crippen molar-refractivity contribution in [3.05, 3.63) is 27.5 Å². The predicted octanol–water partition coefficient (Wildman–Crippen LogP) is 2.37. The molecule has 0 aliphatic rings. The Hall–Kier alpha value is -1.16. The van der Waals surface area contributed by atoms with Crippen molar-refractivity contribution in [2.75, 3.05) is 11.8 Å². The number of thiazole rings is 1. The molecule has 2 aromatic rings. The lowest BCUT2D eigenvalue weighted by Crippen LogP contribution is -2.11. The van der Waals surface area contributed by atoms with Crippen LogP contribution in [-0.2, 0) is 26.0 Å². The van der Waals surface area contributed by atoms with Gasteiger partial charge in [-0.15, -0.1) is 22.7 Å². The van der Waals surface area contributed by atoms with Crippen LogP contribution in [-0.4, -0.2) is 26.5 Å². The summed E-state index contributed by atoms with van der Waals surface area (Å²) >= 11 is 7.75. The second-order valence-corrected chi connectivity index (χ2v) is 8.04. The van der Waals surface area contributed by atoms with Gasteiger partial charge in [-0.05, 0) is 12.1 Å². The maximum absolute atomic E-state index is 12.0. The molecule has 0 spiro atoms. The van der Waals surface area contributed by atoms with Gasteiger partial charge in [-0.25, -0.2) is 13.4 Å². The fourth-order valence-electron chi connectivity index (χ4n) is 1.26. The number of halogens is 1. The largest absolute Gasteiger partial charge is 0.469 e. The molecule has 108 valence electrons. The molecule has 0 amide bonds. The summed E-state index contributed by atoms with van der Waals surface area (Å²) < 4.78 is 31.4. The van der Waals surface area contributed by atoms with E-state index in [4.69, 9.17) is 11.6 Å². The molecule has 2 rings (SSSR count). The fourth-order valence-corrected chi connectivity index (χ4v) is 4.71. The number of thiophene rings is 1. The van der Waals surface area contributed by atoms with Crippen LogP contribution < -0.4 is 4.72 Å². The van der Waals surface area contributed by atoms with Crippen LogP contribution in [0.25, 0.3) is 0 Å². The van der Waals surface area contributed by atoms with Crippen molar-refractivity contribution in [1.29, 1.82) is 0 Å². The number of nitrogens with zero attached hydrogens (tertiary/aromatic N) is 1. The lowest BCUT2D eigenvalue weighted by molar-refractivity contribution is -0.139. The van der Waals surface area contributed by atoms with Crippen molar-refractivity contribution in [2.24, 2.45) is 0 Å². The van der Waals surface area contributed by atoms with Crippen LogP contribution in [0.1, 0.15) is 5.69 Å². The zero-order chi connectivity index (χ0) is 14.8. The van der Waals surface area contributed by atoms with Crippen LogP contribution in [0.5, 0.6) is 0 Å². The average Bonchev–Trinajstić information content (AvgIpc) is 2.98. The first kappa shape index (κ1) is 15.2. The van der Waals surface area contributed by atoms with E-state index in [0.717, 1.165) is 22.7 Å². The van der Waals surface area contributed by atoms with Crippen LogP contribution in [0, 0.1) is 0 Å². The second-order valence-electron chi connectivity index (χ2n) is 3.56. The maximum atomic E-state index is 12.0. The van der Waals surface area contributed by atoms with Crippen molar-refractivity contribution < 1.29 is 17.9 Å². The van der Waals surface area contributed by atoms with E-state index < -0.39 is 16.0 Å². The monoisotopic (exact) mass is 352 g/mol. The minimum Gasteiger partial charge on any atom is -0.469 e. The summed E-state index contributed by atoms with van der Waals surface area (Å²) in [7, 11) is -2.42. The zero-order valence-corrected chi connectivity index (χ0v) is 13.3. The maximum Gasteiger partial charge on any atom is 0.311 e. The van der Waals surface area contributed by atoms with Crippen LogP contribution in [0.2, 0.25) is 4.34 Å². The van der Waals surface area contributed by atoms with Gasteiger partial charge in [0.1, 0.15) is 4.21 Å². The van der Waals surface area contributed by atoms with Gasteiger partial charge in [-0.2, -0.15) is 0 Å². The number of carbonyl (C=O) groups excluding carboxylic acids is 1. The first-order valence-corrected chi connectivity index (χ1v) is 8.76. The summed E-state index contributed by atoms with van der Waals surface area (Å²) in [5.74, 6) is -0.435. The normalized spacial score (nSPS) is 11.3. The zero-order valence-electron chi connectivity index (χ0n) is 10.1. The highest BCUT2D eigenvalue weighted by atomic mass is 35.5. The van der Waals surface area contributed by atoms with E-state index in [1.54, 1.807) is 5.38 Å². The number of aromatic nitrogens is 1. The third kappa shape index (κ3) is 3.69. The Balaban J connectivity index is 2.12. The quantitative estimate of drug-likeness (QED) is 0.835. The highest BCUT2D eigenvalue weighted by molar-refractivity contribution is 7.94. The molecule has 6 nitrogen and oxygen atoms in total. The van der Waals surface area contributed by atoms with Crippen molar-refractivity contribution in [3.8, 4) is 0 Å². The topological polar surface area (TPSA) is 85.4 Å². The highest BCUT2D eigenvalue weighted by Crippen LogP contribution is 2.28. The summed E-state index contributed by atoms with van der Waals surface area (Å²) in [6.07, 6.45) is -0.000439. The molecule has 20 heavy (non-hydrogen) atoms. The average molecular weight is 353 g/mol. The van der Waals surface area contributed by atoms with Gasteiger partial charge in [0, 0.05) is 5.38 Å². The van der Waals surface area contributed by atoms with Crippen LogP contribution in [0.15, 0.2) is 21.7 Å². The van der Waals surface area contributed by atoms with Gasteiger partial charge in [0.25, 0.3) is 10.0 Å². The van der Waals surface area contributed by atoms with Gasteiger partial charge in [-0.3, -0.25) is 9.52 Å². The number of sulfonamides is 1. The van der Waals surface area contributed by atoms with E-state index in [1.807, 2.05) is 0 Å². The first-order valence-electron chi connectivity index (χ1n) is 5.20. The molecule has 0 aliphatic carbocycles. The Bertz CT molecular complexity index is 722. The van der Waals surface area contributed by atoms with Gasteiger partial charge in [0.05, 0.1) is 23.6 Å². The molecule has 2 heterocycles. The summed E-state index contributed by atoms with van der Waals surface area (Å²) in [4.78, 5) is 15.1. The van der Waals surface area contributed by atoms with Crippen molar-refractivity contribution >= 4 is 55.4 Å². The Morgan fingerprint density at radius 2 is 2.25 bits per heavy atom. The molecule has 2 aromatic heterocycles. The molecule has 0 bridgehead atoms. The Morgan fingerprint density at radius 1 is 1.50 bits per heavy atom. The molecule has 0 aliphatic heterocycles. The third-order valence-electron chi connectivity index (χ3n) is 2.14. The molecular weight excluding hydrogens is 344 g/mol. The number of hydrogen-bond donors (Lipinski definition) is 1. The number of methoxy groups -OCH3 is 1. The van der Waals surface area contributed by atoms with Gasteiger partial charge in [0.2, 0.25) is 0 Å². The molecular formula is C10H9ClN2O4S3. The third-order valence-corrected chi connectivity index (χ3v) is 6.14. The predicted molar refractivity (Wildman–Crippen MR) is 78.0 cm³/mol. The molecule has 0 saturated carbocycles. The van der Waals surface area contributed by atoms with E-state index in [-0.39, 0.29) is 15.8 Å². The van der Waals surface area contributed by atoms with Gasteiger partial charge in [0.15, 0.2) is 5.13 Å². The summed E-state index contributed by atoms with van der Waals surface area (Å²) in [5, 5.41) is 1.78. The van der Waals surface area contributed by atoms with Crippen LogP contribution >= 0.6 is 34.3 Å². The molecule has 0 fully saturated rings. The van der Waals surface area contributed by atoms with E-state index in [1.165, 1.54) is 19.2 Å². The molecule has 0 aromatic carbocycles. The van der Waals surface area contributed by atoms with Crippen molar-refractivity contribution in [3.63, 3.8) is 0 Å². The van der Waals surface area contributed by atoms with Gasteiger partial charge >= 0.3 is 5.97 Å². The van der Waals surface area contributed by atoms with E-state index in [0.29, 0.717) is 10.0 Å². The minimum atomic E-state index is -3.70. The fraction of sp³-hybridized carbons (Fsp3) is 0.200. The number of carbonyl (C=O) groups is 1. The molecule has 0 radical (unpaired) electrons. The smallest absolute Gasteiger partial charge is 0.311 e. The number of hydrogen-bond acceptors (Lipinski definition) is 7. The number of nitrogens with one attached hydrogen (secondary N) is 1. The lowest BCUT2D eigenvalue weighted by atomic mass is 10.3.